The van der Waals surface area contributed by atoms with Crippen molar-refractivity contribution in [3.63, 3.8) is 0 Å². The van der Waals surface area contributed by atoms with E-state index in [1.54, 1.807) is 0 Å². The first-order chi connectivity index (χ1) is 9.22. The summed E-state index contributed by atoms with van der Waals surface area (Å²) in [5.74, 6) is 0.169. The van der Waals surface area contributed by atoms with Gasteiger partial charge >= 0.3 is 0 Å². The molecule has 0 saturated carbocycles. The molecule has 1 atom stereocenters. The van der Waals surface area contributed by atoms with Crippen LogP contribution in [0.15, 0.2) is 54.1 Å². The summed E-state index contributed by atoms with van der Waals surface area (Å²) in [6.07, 6.45) is 1.91. The van der Waals surface area contributed by atoms with Gasteiger partial charge in [0.15, 0.2) is 0 Å². The van der Waals surface area contributed by atoms with Gasteiger partial charge in [-0.2, -0.15) is 0 Å². The molecule has 3 rings (SSSR count). The van der Waals surface area contributed by atoms with Gasteiger partial charge in [0.25, 0.3) is 5.91 Å². The van der Waals surface area contributed by atoms with Gasteiger partial charge in [-0.1, -0.05) is 48.5 Å². The third-order valence-electron chi connectivity index (χ3n) is 3.97. The van der Waals surface area contributed by atoms with Gasteiger partial charge in [0.05, 0.1) is 12.6 Å². The molecule has 1 aliphatic rings. The quantitative estimate of drug-likeness (QED) is 0.589. The number of carbonyl (C=O) groups is 1. The highest BCUT2D eigenvalue weighted by Gasteiger charge is 2.34. The van der Waals surface area contributed by atoms with Gasteiger partial charge in [-0.05, 0) is 30.2 Å². The molecule has 0 bridgehead atoms. The summed E-state index contributed by atoms with van der Waals surface area (Å²) in [7, 11) is 0. The number of hydrogen-bond acceptors (Lipinski definition) is 1. The summed E-state index contributed by atoms with van der Waals surface area (Å²) in [5.41, 5.74) is 2.15. The van der Waals surface area contributed by atoms with Gasteiger partial charge in [-0.15, -0.1) is 0 Å². The summed E-state index contributed by atoms with van der Waals surface area (Å²) in [5, 5.41) is 2.46. The highest BCUT2D eigenvalue weighted by atomic mass is 16.2. The smallest absolute Gasteiger partial charge is 0.252 e. The van der Waals surface area contributed by atoms with E-state index < -0.39 is 0 Å². The van der Waals surface area contributed by atoms with Crippen LogP contribution in [-0.2, 0) is 4.79 Å². The van der Waals surface area contributed by atoms with Crippen molar-refractivity contribution >= 4 is 16.7 Å². The van der Waals surface area contributed by atoms with E-state index in [0.29, 0.717) is 0 Å². The van der Waals surface area contributed by atoms with Crippen LogP contribution in [0.4, 0.5) is 0 Å². The first kappa shape index (κ1) is 12.0. The molecule has 1 saturated heterocycles. The fraction of sp³-hybridized carbons (Fsp3) is 0.235. The van der Waals surface area contributed by atoms with Gasteiger partial charge in [0.2, 0.25) is 0 Å². The summed E-state index contributed by atoms with van der Waals surface area (Å²) < 4.78 is 0. The predicted octanol–water partition coefficient (Wildman–Crippen LogP) is 3.69. The molecular formula is C17H17NO. The molecule has 0 aromatic heterocycles. The number of benzene rings is 2. The molecule has 2 aromatic rings. The molecule has 2 heteroatoms. The van der Waals surface area contributed by atoms with E-state index in [-0.39, 0.29) is 11.9 Å². The Morgan fingerprint density at radius 1 is 1.16 bits per heavy atom. The van der Waals surface area contributed by atoms with Crippen LogP contribution in [0.25, 0.3) is 10.8 Å². The van der Waals surface area contributed by atoms with Crippen LogP contribution in [0.2, 0.25) is 0 Å². The molecule has 0 unspecified atom stereocenters. The normalized spacial score (nSPS) is 18.7. The van der Waals surface area contributed by atoms with Crippen molar-refractivity contribution < 1.29 is 4.79 Å². The number of amides is 1. The Balaban J connectivity index is 1.99. The topological polar surface area (TPSA) is 20.3 Å². The largest absolute Gasteiger partial charge is 0.328 e. The lowest BCUT2D eigenvalue weighted by Crippen LogP contribution is -2.47. The molecule has 1 heterocycles. The molecule has 0 spiro atoms. The monoisotopic (exact) mass is 251 g/mol. The Labute approximate surface area is 113 Å². The fourth-order valence-electron chi connectivity index (χ4n) is 2.73. The summed E-state index contributed by atoms with van der Waals surface area (Å²) in [4.78, 5) is 13.9. The van der Waals surface area contributed by atoms with Crippen molar-refractivity contribution in [2.75, 3.05) is 6.54 Å². The molecule has 96 valence electrons. The van der Waals surface area contributed by atoms with Crippen LogP contribution < -0.4 is 0 Å². The van der Waals surface area contributed by atoms with Crippen LogP contribution in [0.3, 0.4) is 0 Å². The van der Waals surface area contributed by atoms with Crippen molar-refractivity contribution in [1.82, 2.24) is 4.90 Å². The minimum atomic E-state index is 0.127. The van der Waals surface area contributed by atoms with Gasteiger partial charge in [-0.25, -0.2) is 0 Å². The summed E-state index contributed by atoms with van der Waals surface area (Å²) in [6, 6.07) is 14.8. The van der Waals surface area contributed by atoms with Gasteiger partial charge in [0.1, 0.15) is 0 Å². The lowest BCUT2D eigenvalue weighted by atomic mass is 9.95. The van der Waals surface area contributed by atoms with Crippen molar-refractivity contribution in [3.8, 4) is 0 Å². The molecule has 0 N–H and O–H groups in total. The SMILES string of the molecule is C/C=C1\CN([C@H](C)c2cccc3ccccc23)C1=O. The van der Waals surface area contributed by atoms with E-state index in [9.17, 15) is 4.79 Å². The highest BCUT2D eigenvalue weighted by molar-refractivity contribution is 6.00. The number of likely N-dealkylation sites (tertiary alicyclic amines) is 1. The number of allylic oxidation sites excluding steroid dienone is 1. The van der Waals surface area contributed by atoms with E-state index in [4.69, 9.17) is 0 Å². The molecule has 0 aliphatic carbocycles. The molecule has 2 aromatic carbocycles. The number of carbonyl (C=O) groups excluding carboxylic acids is 1. The second-order valence-electron chi connectivity index (χ2n) is 4.99. The average Bonchev–Trinajstić information content (AvgIpc) is 2.45. The van der Waals surface area contributed by atoms with E-state index in [1.807, 2.05) is 30.0 Å². The number of hydrogen-bond donors (Lipinski definition) is 0. The van der Waals surface area contributed by atoms with Crippen LogP contribution in [0, 0.1) is 0 Å². The van der Waals surface area contributed by atoms with Crippen LogP contribution in [0.5, 0.6) is 0 Å². The predicted molar refractivity (Wildman–Crippen MR) is 77.8 cm³/mol. The zero-order valence-electron chi connectivity index (χ0n) is 11.3. The van der Waals surface area contributed by atoms with Crippen LogP contribution in [-0.4, -0.2) is 17.4 Å². The second-order valence-corrected chi connectivity index (χ2v) is 4.99. The van der Waals surface area contributed by atoms with E-state index in [1.165, 1.54) is 16.3 Å². The molecule has 1 fully saturated rings. The maximum atomic E-state index is 12.0. The fourth-order valence-corrected chi connectivity index (χ4v) is 2.73. The van der Waals surface area contributed by atoms with Gasteiger partial charge in [0, 0.05) is 5.57 Å². The zero-order chi connectivity index (χ0) is 13.4. The van der Waals surface area contributed by atoms with Crippen molar-refractivity contribution in [2.45, 2.75) is 19.9 Å². The van der Waals surface area contributed by atoms with Crippen LogP contribution >= 0.6 is 0 Å². The average molecular weight is 251 g/mol. The minimum absolute atomic E-state index is 0.127. The third-order valence-corrected chi connectivity index (χ3v) is 3.97. The van der Waals surface area contributed by atoms with Crippen molar-refractivity contribution in [1.29, 1.82) is 0 Å². The molecular weight excluding hydrogens is 234 g/mol. The Bertz CT molecular complexity index is 667. The number of fused-ring (bicyclic) bond motifs is 1. The third kappa shape index (κ3) is 1.84. The van der Waals surface area contributed by atoms with Gasteiger partial charge in [-0.3, -0.25) is 4.79 Å². The lowest BCUT2D eigenvalue weighted by molar-refractivity contribution is -0.135. The van der Waals surface area contributed by atoms with E-state index in [0.717, 1.165) is 12.1 Å². The first-order valence-electron chi connectivity index (χ1n) is 6.66. The molecule has 2 nitrogen and oxygen atoms in total. The van der Waals surface area contributed by atoms with E-state index in [2.05, 4.69) is 37.3 Å². The van der Waals surface area contributed by atoms with Crippen molar-refractivity contribution in [3.05, 3.63) is 59.7 Å². The maximum Gasteiger partial charge on any atom is 0.252 e. The minimum Gasteiger partial charge on any atom is -0.328 e. The molecule has 19 heavy (non-hydrogen) atoms. The molecule has 1 aliphatic heterocycles. The Kier molecular flexibility index (Phi) is 2.86. The highest BCUT2D eigenvalue weighted by Crippen LogP contribution is 2.33. The van der Waals surface area contributed by atoms with Crippen molar-refractivity contribution in [2.24, 2.45) is 0 Å². The Hall–Kier alpha value is -2.09. The lowest BCUT2D eigenvalue weighted by Gasteiger charge is -2.39. The van der Waals surface area contributed by atoms with Gasteiger partial charge < -0.3 is 4.90 Å². The van der Waals surface area contributed by atoms with E-state index >= 15 is 0 Å². The zero-order valence-corrected chi connectivity index (χ0v) is 11.3. The summed E-state index contributed by atoms with van der Waals surface area (Å²) >= 11 is 0. The number of nitrogens with zero attached hydrogens (tertiary/aromatic N) is 1. The maximum absolute atomic E-state index is 12.0. The van der Waals surface area contributed by atoms with Crippen LogP contribution in [0.1, 0.15) is 25.5 Å². The number of rotatable bonds is 2. The Morgan fingerprint density at radius 2 is 1.89 bits per heavy atom. The Morgan fingerprint density at radius 3 is 2.63 bits per heavy atom. The number of β-lactam (4-membered cyclic amide) rings is 1. The second kappa shape index (κ2) is 4.54. The molecule has 0 radical (unpaired) electrons. The molecule has 1 amide bonds. The standard InChI is InChI=1S/C17H17NO/c1-3-13-11-18(17(13)19)12(2)15-10-6-8-14-7-4-5-9-16(14)15/h3-10,12H,11H2,1-2H3/b13-3+/t12-/m1/s1. The first-order valence-corrected chi connectivity index (χ1v) is 6.66. The summed E-state index contributed by atoms with van der Waals surface area (Å²) in [6.45, 7) is 4.79.